The Morgan fingerprint density at radius 1 is 1.45 bits per heavy atom. The molecule has 0 spiro atoms. The van der Waals surface area contributed by atoms with Gasteiger partial charge in [0.2, 0.25) is 0 Å². The van der Waals surface area contributed by atoms with Gasteiger partial charge in [-0.2, -0.15) is 0 Å². The Kier molecular flexibility index (Phi) is 4.09. The maximum atomic E-state index is 12.2. The molecule has 1 aromatic rings. The van der Waals surface area contributed by atoms with Crippen molar-refractivity contribution in [1.29, 1.82) is 0 Å². The molecule has 1 aromatic carbocycles. The van der Waals surface area contributed by atoms with Crippen LogP contribution in [0.3, 0.4) is 0 Å². The first-order chi connectivity index (χ1) is 9.21. The Labute approximate surface area is 122 Å². The van der Waals surface area contributed by atoms with Crippen molar-refractivity contribution in [2.75, 3.05) is 13.2 Å². The molecule has 0 saturated carbocycles. The van der Waals surface area contributed by atoms with Crippen LogP contribution in [-0.2, 0) is 13.8 Å². The molecule has 1 atom stereocenters. The summed E-state index contributed by atoms with van der Waals surface area (Å²) in [6.07, 6.45) is 0.756. The lowest BCUT2D eigenvalue weighted by atomic mass is 10.00. The van der Waals surface area contributed by atoms with E-state index in [4.69, 9.17) is 15.4 Å². The summed E-state index contributed by atoms with van der Waals surface area (Å²) in [5, 5.41) is 2.92. The van der Waals surface area contributed by atoms with Gasteiger partial charge in [-0.1, -0.05) is 0 Å². The van der Waals surface area contributed by atoms with E-state index in [1.54, 1.807) is 6.92 Å². The average molecular weight is 318 g/mol. The van der Waals surface area contributed by atoms with Crippen LogP contribution in [0.1, 0.15) is 29.3 Å². The average Bonchev–Trinajstić information content (AvgIpc) is 2.74. The van der Waals surface area contributed by atoms with Gasteiger partial charge < -0.3 is 10.1 Å². The van der Waals surface area contributed by atoms with Gasteiger partial charge in [-0.3, -0.25) is 4.79 Å². The fourth-order valence-electron chi connectivity index (χ4n) is 2.15. The second-order valence-corrected chi connectivity index (χ2v) is 7.80. The van der Waals surface area contributed by atoms with Gasteiger partial charge in [-0.25, -0.2) is 8.42 Å². The second kappa shape index (κ2) is 5.35. The Hall–Kier alpha value is -1.11. The van der Waals surface area contributed by atoms with Crippen molar-refractivity contribution in [3.63, 3.8) is 0 Å². The zero-order valence-electron chi connectivity index (χ0n) is 11.3. The number of amides is 1. The van der Waals surface area contributed by atoms with E-state index in [-0.39, 0.29) is 16.3 Å². The van der Waals surface area contributed by atoms with Crippen molar-refractivity contribution in [2.45, 2.75) is 30.7 Å². The number of carbonyl (C=O) groups is 1. The van der Waals surface area contributed by atoms with E-state index >= 15 is 0 Å². The van der Waals surface area contributed by atoms with Gasteiger partial charge in [0.05, 0.1) is 17.0 Å². The molecule has 1 N–H and O–H groups in total. The Balaban J connectivity index is 2.23. The van der Waals surface area contributed by atoms with Gasteiger partial charge in [-0.05, 0) is 44.0 Å². The van der Waals surface area contributed by atoms with Gasteiger partial charge in [0, 0.05) is 22.9 Å². The zero-order valence-corrected chi connectivity index (χ0v) is 12.8. The van der Waals surface area contributed by atoms with Crippen molar-refractivity contribution in [2.24, 2.45) is 0 Å². The minimum absolute atomic E-state index is 0.0105. The number of rotatable bonds is 3. The molecule has 1 amide bonds. The number of carbonyl (C=O) groups excluding carboxylic acids is 1. The largest absolute Gasteiger partial charge is 0.379 e. The topological polar surface area (TPSA) is 72.5 Å². The van der Waals surface area contributed by atoms with Crippen LogP contribution in [0.4, 0.5) is 0 Å². The number of aryl methyl sites for hydroxylation is 1. The lowest BCUT2D eigenvalue weighted by Crippen LogP contribution is -2.46. The molecule has 1 saturated heterocycles. The van der Waals surface area contributed by atoms with Crippen molar-refractivity contribution >= 4 is 25.6 Å². The molecule has 20 heavy (non-hydrogen) atoms. The first kappa shape index (κ1) is 15.3. The van der Waals surface area contributed by atoms with Crippen LogP contribution >= 0.6 is 10.7 Å². The van der Waals surface area contributed by atoms with Crippen LogP contribution in [-0.4, -0.2) is 33.1 Å². The summed E-state index contributed by atoms with van der Waals surface area (Å²) in [5.41, 5.74) is 0.620. The molecule has 0 radical (unpaired) electrons. The molecule has 0 bridgehead atoms. The number of benzene rings is 1. The second-order valence-electron chi connectivity index (χ2n) is 5.23. The summed E-state index contributed by atoms with van der Waals surface area (Å²) in [6, 6.07) is 4.20. The summed E-state index contributed by atoms with van der Waals surface area (Å²) in [7, 11) is 1.50. The lowest BCUT2D eigenvalue weighted by molar-refractivity contribution is 0.0889. The molecule has 7 heteroatoms. The van der Waals surface area contributed by atoms with Crippen molar-refractivity contribution in [3.8, 4) is 0 Å². The number of halogens is 1. The van der Waals surface area contributed by atoms with E-state index in [1.165, 1.54) is 18.2 Å². The van der Waals surface area contributed by atoms with Gasteiger partial charge in [-0.15, -0.1) is 0 Å². The Morgan fingerprint density at radius 2 is 2.15 bits per heavy atom. The van der Waals surface area contributed by atoms with E-state index < -0.39 is 9.05 Å². The molecule has 2 rings (SSSR count). The van der Waals surface area contributed by atoms with E-state index in [1.807, 2.05) is 6.92 Å². The van der Waals surface area contributed by atoms with Gasteiger partial charge in [0.1, 0.15) is 0 Å². The van der Waals surface area contributed by atoms with Crippen molar-refractivity contribution in [3.05, 3.63) is 29.3 Å². The fraction of sp³-hybridized carbons (Fsp3) is 0.462. The van der Waals surface area contributed by atoms with Crippen LogP contribution in [0, 0.1) is 6.92 Å². The highest BCUT2D eigenvalue weighted by Gasteiger charge is 2.31. The molecule has 5 nitrogen and oxygen atoms in total. The molecule has 1 unspecified atom stereocenters. The van der Waals surface area contributed by atoms with Crippen molar-refractivity contribution < 1.29 is 17.9 Å². The van der Waals surface area contributed by atoms with Crippen LogP contribution in [0.25, 0.3) is 0 Å². The van der Waals surface area contributed by atoms with Crippen LogP contribution in [0.5, 0.6) is 0 Å². The minimum Gasteiger partial charge on any atom is -0.379 e. The normalized spacial score (nSPS) is 22.8. The monoisotopic (exact) mass is 317 g/mol. The molecule has 110 valence electrons. The van der Waals surface area contributed by atoms with E-state index in [0.29, 0.717) is 24.3 Å². The van der Waals surface area contributed by atoms with E-state index in [2.05, 4.69) is 5.32 Å². The van der Waals surface area contributed by atoms with E-state index in [0.717, 1.165) is 6.42 Å². The first-order valence-corrected chi connectivity index (χ1v) is 8.48. The number of ether oxygens (including phenoxy) is 1. The number of hydrogen-bond acceptors (Lipinski definition) is 4. The van der Waals surface area contributed by atoms with Gasteiger partial charge in [0.15, 0.2) is 0 Å². The maximum Gasteiger partial charge on any atom is 0.261 e. The van der Waals surface area contributed by atoms with E-state index in [9.17, 15) is 13.2 Å². The standard InChI is InChI=1S/C13H16ClNO4S/c1-9-7-10(20(14,17)18)3-4-11(9)12(16)15-13(2)5-6-19-8-13/h3-4,7H,5-6,8H2,1-2H3,(H,15,16). The quantitative estimate of drug-likeness (QED) is 0.863. The third kappa shape index (κ3) is 3.31. The van der Waals surface area contributed by atoms with Crippen molar-refractivity contribution in [1.82, 2.24) is 5.32 Å². The molecular weight excluding hydrogens is 302 g/mol. The molecule has 0 aliphatic carbocycles. The predicted octanol–water partition coefficient (Wildman–Crippen LogP) is 1.83. The Morgan fingerprint density at radius 3 is 2.65 bits per heavy atom. The molecule has 1 aliphatic rings. The van der Waals surface area contributed by atoms with Gasteiger partial charge >= 0.3 is 0 Å². The molecular formula is C13H16ClNO4S. The van der Waals surface area contributed by atoms with Crippen LogP contribution in [0.2, 0.25) is 0 Å². The number of hydrogen-bond donors (Lipinski definition) is 1. The van der Waals surface area contributed by atoms with Gasteiger partial charge in [0.25, 0.3) is 15.0 Å². The summed E-state index contributed by atoms with van der Waals surface area (Å²) >= 11 is 0. The summed E-state index contributed by atoms with van der Waals surface area (Å²) in [5.74, 6) is -0.242. The minimum atomic E-state index is -3.78. The van der Waals surface area contributed by atoms with Crippen LogP contribution in [0.15, 0.2) is 23.1 Å². The third-order valence-corrected chi connectivity index (χ3v) is 4.71. The number of nitrogens with one attached hydrogen (secondary N) is 1. The smallest absolute Gasteiger partial charge is 0.261 e. The predicted molar refractivity (Wildman–Crippen MR) is 75.5 cm³/mol. The summed E-state index contributed by atoms with van der Waals surface area (Å²) < 4.78 is 27.8. The molecule has 1 heterocycles. The zero-order chi connectivity index (χ0) is 15.0. The molecule has 1 fully saturated rings. The molecule has 0 aromatic heterocycles. The highest BCUT2D eigenvalue weighted by Crippen LogP contribution is 2.21. The third-order valence-electron chi connectivity index (χ3n) is 3.36. The highest BCUT2D eigenvalue weighted by molar-refractivity contribution is 8.13. The summed E-state index contributed by atoms with van der Waals surface area (Å²) in [4.78, 5) is 12.2. The highest BCUT2D eigenvalue weighted by atomic mass is 35.7. The Bertz CT molecular complexity index is 636. The SMILES string of the molecule is Cc1cc(S(=O)(=O)Cl)ccc1C(=O)NC1(C)CCOC1. The summed E-state index contributed by atoms with van der Waals surface area (Å²) in [6.45, 7) is 4.70. The lowest BCUT2D eigenvalue weighted by Gasteiger charge is -2.24. The van der Waals surface area contributed by atoms with Crippen LogP contribution < -0.4 is 5.32 Å². The maximum absolute atomic E-state index is 12.2. The molecule has 1 aliphatic heterocycles. The first-order valence-electron chi connectivity index (χ1n) is 6.17. The fourth-order valence-corrected chi connectivity index (χ4v) is 2.99.